The summed E-state index contributed by atoms with van der Waals surface area (Å²) in [7, 11) is 0. The van der Waals surface area contributed by atoms with Gasteiger partial charge in [0.1, 0.15) is 5.75 Å². The fourth-order valence-corrected chi connectivity index (χ4v) is 2.92. The highest BCUT2D eigenvalue weighted by molar-refractivity contribution is 5.67. The van der Waals surface area contributed by atoms with Crippen LogP contribution in [0.1, 0.15) is 18.4 Å². The first-order chi connectivity index (χ1) is 13.9. The van der Waals surface area contributed by atoms with Gasteiger partial charge in [0.25, 0.3) is 0 Å². The fraction of sp³-hybridized carbons (Fsp3) is 0.217. The second kappa shape index (κ2) is 9.37. The molecule has 1 N–H and O–H groups in total. The van der Waals surface area contributed by atoms with Crippen molar-refractivity contribution in [3.63, 3.8) is 0 Å². The first kappa shape index (κ1) is 20.6. The Morgan fingerprint density at radius 2 is 1.48 bits per heavy atom. The number of alkyl halides is 3. The van der Waals surface area contributed by atoms with Gasteiger partial charge in [-0.25, -0.2) is 0 Å². The summed E-state index contributed by atoms with van der Waals surface area (Å²) in [5.41, 5.74) is 2.68. The third-order valence-electron chi connectivity index (χ3n) is 4.34. The Hall–Kier alpha value is -3.15. The van der Waals surface area contributed by atoms with Gasteiger partial charge in [-0.05, 0) is 60.2 Å². The van der Waals surface area contributed by atoms with E-state index in [0.29, 0.717) is 17.9 Å². The highest BCUT2D eigenvalue weighted by atomic mass is 19.4. The largest absolute Gasteiger partial charge is 0.573 e. The minimum Gasteiger partial charge on any atom is -0.504 e. The van der Waals surface area contributed by atoms with Crippen LogP contribution in [-0.4, -0.2) is 18.1 Å². The number of rotatable bonds is 8. The Morgan fingerprint density at radius 1 is 0.793 bits per heavy atom. The fourth-order valence-electron chi connectivity index (χ4n) is 2.92. The smallest absolute Gasteiger partial charge is 0.504 e. The van der Waals surface area contributed by atoms with Crippen LogP contribution in [0.15, 0.2) is 72.8 Å². The zero-order valence-corrected chi connectivity index (χ0v) is 15.7. The molecule has 0 saturated carbocycles. The summed E-state index contributed by atoms with van der Waals surface area (Å²) < 4.78 is 46.4. The second-order valence-corrected chi connectivity index (χ2v) is 6.55. The summed E-state index contributed by atoms with van der Waals surface area (Å²) in [4.78, 5) is 0. The van der Waals surface area contributed by atoms with E-state index in [1.165, 1.54) is 35.9 Å². The summed E-state index contributed by atoms with van der Waals surface area (Å²) in [5, 5.41) is 10.0. The highest BCUT2D eigenvalue weighted by Gasteiger charge is 2.30. The molecule has 29 heavy (non-hydrogen) atoms. The van der Waals surface area contributed by atoms with Crippen LogP contribution < -0.4 is 9.47 Å². The molecule has 0 aliphatic carbocycles. The normalized spacial score (nSPS) is 11.3. The molecule has 0 saturated heterocycles. The van der Waals surface area contributed by atoms with Gasteiger partial charge in [0.05, 0.1) is 6.61 Å². The second-order valence-electron chi connectivity index (χ2n) is 6.55. The molecule has 3 aromatic carbocycles. The third-order valence-corrected chi connectivity index (χ3v) is 4.34. The quantitative estimate of drug-likeness (QED) is 0.446. The Balaban J connectivity index is 1.56. The number of benzene rings is 3. The predicted octanol–water partition coefficient (Wildman–Crippen LogP) is 6.36. The number of aryl methyl sites for hydroxylation is 1. The van der Waals surface area contributed by atoms with Crippen molar-refractivity contribution < 1.29 is 27.8 Å². The lowest BCUT2D eigenvalue weighted by atomic mass is 10.1. The molecule has 0 aliphatic heterocycles. The van der Waals surface area contributed by atoms with E-state index in [1.54, 1.807) is 12.1 Å². The Bertz CT molecular complexity index is 907. The van der Waals surface area contributed by atoms with Gasteiger partial charge in [0, 0.05) is 0 Å². The standard InChI is InChI=1S/C23H21F3O3/c24-23(25,26)29-20-12-9-18(10-13-20)19-11-14-21(27)22(16-19)28-15-5-4-8-17-6-2-1-3-7-17/h1-3,6-7,9-14,16,27H,4-5,8,15H2. The Morgan fingerprint density at radius 3 is 2.17 bits per heavy atom. The molecular weight excluding hydrogens is 381 g/mol. The molecule has 3 nitrogen and oxygen atoms in total. The van der Waals surface area contributed by atoms with Crippen LogP contribution in [0.3, 0.4) is 0 Å². The molecule has 0 aliphatic rings. The van der Waals surface area contributed by atoms with Gasteiger partial charge in [-0.2, -0.15) is 0 Å². The van der Waals surface area contributed by atoms with Crippen molar-refractivity contribution in [1.82, 2.24) is 0 Å². The maximum absolute atomic E-state index is 12.3. The van der Waals surface area contributed by atoms with Gasteiger partial charge in [-0.3, -0.25) is 0 Å². The van der Waals surface area contributed by atoms with Crippen molar-refractivity contribution in [2.24, 2.45) is 0 Å². The summed E-state index contributed by atoms with van der Waals surface area (Å²) in [6.45, 7) is 0.461. The van der Waals surface area contributed by atoms with E-state index >= 15 is 0 Å². The van der Waals surface area contributed by atoms with E-state index in [2.05, 4.69) is 16.9 Å². The van der Waals surface area contributed by atoms with Crippen molar-refractivity contribution in [3.8, 4) is 28.4 Å². The first-order valence-corrected chi connectivity index (χ1v) is 9.27. The summed E-state index contributed by atoms with van der Waals surface area (Å²) >= 11 is 0. The maximum Gasteiger partial charge on any atom is 0.573 e. The molecule has 0 unspecified atom stereocenters. The van der Waals surface area contributed by atoms with E-state index in [4.69, 9.17) is 4.74 Å². The molecule has 0 aromatic heterocycles. The van der Waals surface area contributed by atoms with E-state index in [-0.39, 0.29) is 11.5 Å². The Labute approximate surface area is 167 Å². The maximum atomic E-state index is 12.3. The highest BCUT2D eigenvalue weighted by Crippen LogP contribution is 2.33. The lowest BCUT2D eigenvalue weighted by Crippen LogP contribution is -2.16. The molecule has 0 atom stereocenters. The van der Waals surface area contributed by atoms with Gasteiger partial charge >= 0.3 is 6.36 Å². The van der Waals surface area contributed by atoms with Crippen molar-refractivity contribution in [2.75, 3.05) is 6.61 Å². The van der Waals surface area contributed by atoms with Crippen LogP contribution >= 0.6 is 0 Å². The minimum atomic E-state index is -4.72. The van der Waals surface area contributed by atoms with Gasteiger partial charge in [-0.15, -0.1) is 13.2 Å². The number of hydrogen-bond donors (Lipinski definition) is 1. The summed E-state index contributed by atoms with van der Waals surface area (Å²) in [5.74, 6) is 0.0848. The van der Waals surface area contributed by atoms with E-state index in [0.717, 1.165) is 24.8 Å². The van der Waals surface area contributed by atoms with E-state index in [1.807, 2.05) is 18.2 Å². The monoisotopic (exact) mass is 402 g/mol. The minimum absolute atomic E-state index is 0.0221. The van der Waals surface area contributed by atoms with Crippen molar-refractivity contribution in [3.05, 3.63) is 78.4 Å². The van der Waals surface area contributed by atoms with Crippen LogP contribution in [0.5, 0.6) is 17.2 Å². The van der Waals surface area contributed by atoms with Crippen LogP contribution in [0.25, 0.3) is 11.1 Å². The lowest BCUT2D eigenvalue weighted by Gasteiger charge is -2.12. The molecule has 0 spiro atoms. The zero-order valence-electron chi connectivity index (χ0n) is 15.7. The average molecular weight is 402 g/mol. The third kappa shape index (κ3) is 6.45. The molecule has 0 bridgehead atoms. The molecule has 6 heteroatoms. The molecule has 3 aromatic rings. The number of hydrogen-bond acceptors (Lipinski definition) is 3. The molecule has 0 radical (unpaired) electrons. The summed E-state index contributed by atoms with van der Waals surface area (Å²) in [6.07, 6.45) is -1.96. The van der Waals surface area contributed by atoms with Crippen LogP contribution in [-0.2, 0) is 6.42 Å². The lowest BCUT2D eigenvalue weighted by molar-refractivity contribution is -0.274. The summed E-state index contributed by atoms with van der Waals surface area (Å²) in [6, 6.07) is 20.6. The molecule has 152 valence electrons. The van der Waals surface area contributed by atoms with Crippen molar-refractivity contribution in [1.29, 1.82) is 0 Å². The molecule has 0 amide bonds. The molecular formula is C23H21F3O3. The SMILES string of the molecule is Oc1ccc(-c2ccc(OC(F)(F)F)cc2)cc1OCCCCc1ccccc1. The van der Waals surface area contributed by atoms with E-state index in [9.17, 15) is 18.3 Å². The van der Waals surface area contributed by atoms with Gasteiger partial charge in [0.15, 0.2) is 11.5 Å². The molecule has 3 rings (SSSR count). The number of unbranched alkanes of at least 4 members (excludes halogenated alkanes) is 1. The van der Waals surface area contributed by atoms with Gasteiger partial charge in [-0.1, -0.05) is 48.5 Å². The van der Waals surface area contributed by atoms with Crippen molar-refractivity contribution in [2.45, 2.75) is 25.6 Å². The Kier molecular flexibility index (Phi) is 6.65. The van der Waals surface area contributed by atoms with Gasteiger partial charge < -0.3 is 14.6 Å². The first-order valence-electron chi connectivity index (χ1n) is 9.27. The van der Waals surface area contributed by atoms with Crippen LogP contribution in [0.4, 0.5) is 13.2 Å². The number of phenols is 1. The number of aromatic hydroxyl groups is 1. The van der Waals surface area contributed by atoms with Crippen LogP contribution in [0.2, 0.25) is 0 Å². The zero-order chi connectivity index (χ0) is 20.7. The van der Waals surface area contributed by atoms with E-state index < -0.39 is 6.36 Å². The average Bonchev–Trinajstić information content (AvgIpc) is 2.69. The number of phenolic OH excluding ortho intramolecular Hbond substituents is 1. The van der Waals surface area contributed by atoms with Crippen molar-refractivity contribution >= 4 is 0 Å². The predicted molar refractivity (Wildman–Crippen MR) is 105 cm³/mol. The number of ether oxygens (including phenoxy) is 2. The van der Waals surface area contributed by atoms with Crippen LogP contribution in [0, 0.1) is 0 Å². The molecule has 0 fully saturated rings. The number of halogens is 3. The molecule has 0 heterocycles. The topological polar surface area (TPSA) is 38.7 Å². The van der Waals surface area contributed by atoms with Gasteiger partial charge in [0.2, 0.25) is 0 Å².